The Labute approximate surface area is 116 Å². The van der Waals surface area contributed by atoms with Gasteiger partial charge in [-0.1, -0.05) is 13.8 Å². The van der Waals surface area contributed by atoms with Crippen LogP contribution in [0.15, 0.2) is 17.2 Å². The van der Waals surface area contributed by atoms with Gasteiger partial charge in [-0.15, -0.1) is 0 Å². The molecule has 1 heterocycles. The molecule has 0 saturated carbocycles. The third-order valence-corrected chi connectivity index (χ3v) is 4.96. The van der Waals surface area contributed by atoms with E-state index in [0.29, 0.717) is 18.0 Å². The molecule has 0 saturated heterocycles. The summed E-state index contributed by atoms with van der Waals surface area (Å²) in [5, 5.41) is 3.17. The highest BCUT2D eigenvalue weighted by Crippen LogP contribution is 2.19. The summed E-state index contributed by atoms with van der Waals surface area (Å²) in [5.74, 6) is 0. The Hall–Kier alpha value is -0.850. The molecule has 1 aromatic heterocycles. The molecule has 1 rings (SSSR count). The van der Waals surface area contributed by atoms with E-state index in [1.165, 1.54) is 0 Å². The lowest BCUT2D eigenvalue weighted by atomic mass is 10.4. The fourth-order valence-corrected chi connectivity index (χ4v) is 3.69. The minimum atomic E-state index is -3.39. The first-order chi connectivity index (χ1) is 8.93. The second kappa shape index (κ2) is 7.07. The highest BCUT2D eigenvalue weighted by molar-refractivity contribution is 7.89. The molecule has 0 fully saturated rings. The molecule has 0 radical (unpaired) electrons. The molecule has 5 nitrogen and oxygen atoms in total. The second-order valence-electron chi connectivity index (χ2n) is 4.85. The van der Waals surface area contributed by atoms with Crippen molar-refractivity contribution in [3.05, 3.63) is 18.0 Å². The predicted molar refractivity (Wildman–Crippen MR) is 77.5 cm³/mol. The molecule has 0 spiro atoms. The number of aromatic nitrogens is 1. The van der Waals surface area contributed by atoms with Gasteiger partial charge in [0, 0.05) is 31.0 Å². The number of hydrogen-bond acceptors (Lipinski definition) is 3. The van der Waals surface area contributed by atoms with Gasteiger partial charge in [-0.25, -0.2) is 8.42 Å². The van der Waals surface area contributed by atoms with Crippen molar-refractivity contribution in [1.29, 1.82) is 0 Å². The third kappa shape index (κ3) is 4.06. The summed E-state index contributed by atoms with van der Waals surface area (Å²) in [6.45, 7) is 9.87. The van der Waals surface area contributed by atoms with Gasteiger partial charge in [-0.05, 0) is 32.9 Å². The summed E-state index contributed by atoms with van der Waals surface area (Å²) >= 11 is 0. The molecule has 0 aliphatic carbocycles. The van der Waals surface area contributed by atoms with E-state index in [4.69, 9.17) is 0 Å². The normalized spacial score (nSPS) is 12.5. The standard InChI is InChI=1S/C13H25N3O2S/c1-5-7-16(11(3)4)19(17,18)13-8-12(15-10-13)9-14-6-2/h8,10-11,14-15H,5-7,9H2,1-4H3. The van der Waals surface area contributed by atoms with Gasteiger partial charge in [-0.3, -0.25) is 0 Å². The molecular weight excluding hydrogens is 262 g/mol. The molecule has 0 atom stereocenters. The predicted octanol–water partition coefficient (Wildman–Crippen LogP) is 1.93. The Bertz CT molecular complexity index is 480. The van der Waals surface area contributed by atoms with E-state index >= 15 is 0 Å². The molecule has 110 valence electrons. The zero-order valence-corrected chi connectivity index (χ0v) is 13.0. The van der Waals surface area contributed by atoms with E-state index in [1.807, 2.05) is 27.7 Å². The van der Waals surface area contributed by atoms with E-state index in [-0.39, 0.29) is 6.04 Å². The first-order valence-electron chi connectivity index (χ1n) is 6.83. The molecule has 1 aromatic rings. The smallest absolute Gasteiger partial charge is 0.244 e. The van der Waals surface area contributed by atoms with Crippen molar-refractivity contribution >= 4 is 10.0 Å². The van der Waals surface area contributed by atoms with Crippen LogP contribution in [0.3, 0.4) is 0 Å². The zero-order valence-electron chi connectivity index (χ0n) is 12.2. The van der Waals surface area contributed by atoms with Gasteiger partial charge in [0.25, 0.3) is 0 Å². The lowest BCUT2D eigenvalue weighted by Crippen LogP contribution is -2.37. The first-order valence-corrected chi connectivity index (χ1v) is 8.27. The van der Waals surface area contributed by atoms with Crippen LogP contribution in [0.1, 0.15) is 39.8 Å². The Balaban J connectivity index is 2.95. The summed E-state index contributed by atoms with van der Waals surface area (Å²) in [5.41, 5.74) is 0.889. The summed E-state index contributed by atoms with van der Waals surface area (Å²) in [6, 6.07) is 1.68. The van der Waals surface area contributed by atoms with Gasteiger partial charge in [0.15, 0.2) is 0 Å². The van der Waals surface area contributed by atoms with Crippen molar-refractivity contribution in [1.82, 2.24) is 14.6 Å². The van der Waals surface area contributed by atoms with E-state index in [9.17, 15) is 8.42 Å². The van der Waals surface area contributed by atoms with Gasteiger partial charge in [0.2, 0.25) is 10.0 Å². The van der Waals surface area contributed by atoms with Crippen LogP contribution in [-0.2, 0) is 16.6 Å². The van der Waals surface area contributed by atoms with E-state index < -0.39 is 10.0 Å². The monoisotopic (exact) mass is 287 g/mol. The molecule has 0 amide bonds. The SMILES string of the molecule is CCCN(C(C)C)S(=O)(=O)c1c[nH]c(CNCC)c1. The zero-order chi connectivity index (χ0) is 14.5. The van der Waals surface area contributed by atoms with Crippen molar-refractivity contribution in [3.63, 3.8) is 0 Å². The largest absolute Gasteiger partial charge is 0.363 e. The Morgan fingerprint density at radius 3 is 2.58 bits per heavy atom. The van der Waals surface area contributed by atoms with Crippen molar-refractivity contribution in [2.75, 3.05) is 13.1 Å². The number of rotatable bonds is 8. The minimum Gasteiger partial charge on any atom is -0.363 e. The van der Waals surface area contributed by atoms with Crippen LogP contribution in [0.5, 0.6) is 0 Å². The van der Waals surface area contributed by atoms with Crippen LogP contribution in [0.4, 0.5) is 0 Å². The summed E-state index contributed by atoms with van der Waals surface area (Å²) in [7, 11) is -3.39. The maximum absolute atomic E-state index is 12.5. The topological polar surface area (TPSA) is 65.2 Å². The van der Waals surface area contributed by atoms with Gasteiger partial charge in [-0.2, -0.15) is 4.31 Å². The van der Waals surface area contributed by atoms with Crippen LogP contribution >= 0.6 is 0 Å². The molecule has 0 aliphatic rings. The van der Waals surface area contributed by atoms with Crippen LogP contribution in [-0.4, -0.2) is 36.8 Å². The Kier molecular flexibility index (Phi) is 6.03. The quantitative estimate of drug-likeness (QED) is 0.768. The maximum atomic E-state index is 12.5. The third-order valence-electron chi connectivity index (χ3n) is 2.91. The summed E-state index contributed by atoms with van der Waals surface area (Å²) in [6.07, 6.45) is 2.39. The Morgan fingerprint density at radius 1 is 1.37 bits per heavy atom. The molecule has 19 heavy (non-hydrogen) atoms. The molecule has 0 bridgehead atoms. The highest BCUT2D eigenvalue weighted by atomic mass is 32.2. The van der Waals surface area contributed by atoms with Crippen molar-refractivity contribution < 1.29 is 8.42 Å². The van der Waals surface area contributed by atoms with Crippen LogP contribution in [0, 0.1) is 0 Å². The number of nitrogens with zero attached hydrogens (tertiary/aromatic N) is 1. The number of sulfonamides is 1. The fourth-order valence-electron chi connectivity index (χ4n) is 1.94. The number of H-pyrrole nitrogens is 1. The molecule has 0 unspecified atom stereocenters. The first kappa shape index (κ1) is 16.2. The molecule has 6 heteroatoms. The molecule has 0 aromatic carbocycles. The maximum Gasteiger partial charge on any atom is 0.244 e. The number of aromatic amines is 1. The lowest BCUT2D eigenvalue weighted by Gasteiger charge is -2.24. The van der Waals surface area contributed by atoms with E-state index in [2.05, 4.69) is 10.3 Å². The van der Waals surface area contributed by atoms with Gasteiger partial charge >= 0.3 is 0 Å². The average molecular weight is 287 g/mol. The highest BCUT2D eigenvalue weighted by Gasteiger charge is 2.27. The Morgan fingerprint density at radius 2 is 2.05 bits per heavy atom. The van der Waals surface area contributed by atoms with Crippen molar-refractivity contribution in [3.8, 4) is 0 Å². The van der Waals surface area contributed by atoms with Crippen LogP contribution in [0.2, 0.25) is 0 Å². The lowest BCUT2D eigenvalue weighted by molar-refractivity contribution is 0.354. The number of nitrogens with one attached hydrogen (secondary N) is 2. The van der Waals surface area contributed by atoms with Gasteiger partial charge in [0.05, 0.1) is 4.90 Å². The molecule has 2 N–H and O–H groups in total. The fraction of sp³-hybridized carbons (Fsp3) is 0.692. The summed E-state index contributed by atoms with van der Waals surface area (Å²) < 4.78 is 26.6. The van der Waals surface area contributed by atoms with Crippen molar-refractivity contribution in [2.45, 2.75) is 51.6 Å². The molecule has 0 aliphatic heterocycles. The van der Waals surface area contributed by atoms with Gasteiger partial charge < -0.3 is 10.3 Å². The van der Waals surface area contributed by atoms with E-state index in [0.717, 1.165) is 18.7 Å². The van der Waals surface area contributed by atoms with Crippen LogP contribution in [0.25, 0.3) is 0 Å². The van der Waals surface area contributed by atoms with Gasteiger partial charge in [0.1, 0.15) is 0 Å². The minimum absolute atomic E-state index is 0.0305. The van der Waals surface area contributed by atoms with Crippen LogP contribution < -0.4 is 5.32 Å². The molecular formula is C13H25N3O2S. The number of hydrogen-bond donors (Lipinski definition) is 2. The summed E-state index contributed by atoms with van der Waals surface area (Å²) in [4.78, 5) is 3.36. The van der Waals surface area contributed by atoms with Crippen molar-refractivity contribution in [2.24, 2.45) is 0 Å². The second-order valence-corrected chi connectivity index (χ2v) is 6.74. The van der Waals surface area contributed by atoms with E-state index in [1.54, 1.807) is 16.6 Å². The average Bonchev–Trinajstić information content (AvgIpc) is 2.82.